The van der Waals surface area contributed by atoms with E-state index in [1.54, 1.807) is 14.2 Å². The second kappa shape index (κ2) is 11.5. The Morgan fingerprint density at radius 2 is 1.17 bits per heavy atom. The van der Waals surface area contributed by atoms with Gasteiger partial charge >= 0.3 is 6.16 Å². The van der Waals surface area contributed by atoms with Crippen molar-refractivity contribution in [1.29, 1.82) is 0 Å². The van der Waals surface area contributed by atoms with Gasteiger partial charge in [0.1, 0.15) is 23.7 Å². The number of carbonyl (C=O) groups is 1. The molecule has 2 rings (SSSR count). The van der Waals surface area contributed by atoms with E-state index in [0.717, 1.165) is 36.8 Å². The first kappa shape index (κ1) is 23.6. The van der Waals surface area contributed by atoms with Gasteiger partial charge in [-0.05, 0) is 49.9 Å². The van der Waals surface area contributed by atoms with E-state index >= 15 is 0 Å². The highest BCUT2D eigenvalue weighted by atomic mass is 16.7. The van der Waals surface area contributed by atoms with Crippen LogP contribution >= 0.6 is 0 Å². The van der Waals surface area contributed by atoms with E-state index in [1.807, 2.05) is 50.2 Å². The van der Waals surface area contributed by atoms with Crippen LogP contribution in [-0.2, 0) is 22.3 Å². The van der Waals surface area contributed by atoms with Gasteiger partial charge in [0.2, 0.25) is 0 Å². The summed E-state index contributed by atoms with van der Waals surface area (Å²) in [6.45, 7) is 7.89. The van der Waals surface area contributed by atoms with Crippen LogP contribution in [0.2, 0.25) is 0 Å². The smallest absolute Gasteiger partial charge is 0.496 e. The topological polar surface area (TPSA) is 54.0 Å². The van der Waals surface area contributed by atoms with Crippen LogP contribution in [0, 0.1) is 0 Å². The van der Waals surface area contributed by atoms with Crippen molar-refractivity contribution in [3.63, 3.8) is 0 Å². The molecule has 5 nitrogen and oxygen atoms in total. The van der Waals surface area contributed by atoms with Crippen molar-refractivity contribution in [3.8, 4) is 11.5 Å². The Morgan fingerprint density at radius 1 is 0.767 bits per heavy atom. The van der Waals surface area contributed by atoms with Gasteiger partial charge in [-0.3, -0.25) is 0 Å². The molecule has 0 aliphatic heterocycles. The molecule has 2 unspecified atom stereocenters. The summed E-state index contributed by atoms with van der Waals surface area (Å²) in [6, 6.07) is 12.0. The molecule has 0 aliphatic carbocycles. The predicted octanol–water partition coefficient (Wildman–Crippen LogP) is 6.58. The van der Waals surface area contributed by atoms with Crippen molar-refractivity contribution in [2.24, 2.45) is 0 Å². The monoisotopic (exact) mass is 414 g/mol. The van der Waals surface area contributed by atoms with Crippen molar-refractivity contribution in [2.75, 3.05) is 14.2 Å². The maximum atomic E-state index is 12.4. The lowest BCUT2D eigenvalue weighted by atomic mass is 10.0. The Balaban J connectivity index is 2.06. The molecule has 2 aromatic rings. The minimum atomic E-state index is -0.727. The molecule has 0 aliphatic rings. The van der Waals surface area contributed by atoms with E-state index in [1.165, 1.54) is 11.1 Å². The zero-order valence-corrected chi connectivity index (χ0v) is 19.0. The normalized spacial score (nSPS) is 12.7. The summed E-state index contributed by atoms with van der Waals surface area (Å²) in [5.74, 6) is 1.42. The van der Waals surface area contributed by atoms with Gasteiger partial charge in [0.05, 0.1) is 14.2 Å². The van der Waals surface area contributed by atoms with Gasteiger partial charge in [0.25, 0.3) is 0 Å². The van der Waals surface area contributed by atoms with Crippen LogP contribution in [0.1, 0.15) is 75.0 Å². The summed E-state index contributed by atoms with van der Waals surface area (Å²) in [7, 11) is 3.24. The van der Waals surface area contributed by atoms with Gasteiger partial charge in [0, 0.05) is 11.1 Å². The van der Waals surface area contributed by atoms with Crippen LogP contribution in [0.5, 0.6) is 11.5 Å². The average molecular weight is 415 g/mol. The fourth-order valence-electron chi connectivity index (χ4n) is 3.51. The van der Waals surface area contributed by atoms with Crippen molar-refractivity contribution in [1.82, 2.24) is 0 Å². The van der Waals surface area contributed by atoms with E-state index in [4.69, 9.17) is 18.9 Å². The first-order valence-corrected chi connectivity index (χ1v) is 10.6. The fraction of sp³-hybridized carbons (Fsp3) is 0.480. The van der Waals surface area contributed by atoms with Crippen molar-refractivity contribution < 1.29 is 23.7 Å². The number of ether oxygens (including phenoxy) is 4. The molecule has 0 heterocycles. The SMILES string of the molecule is CCCc1ccc(C(C)OC(=O)OC(C)c2ccc(CCC)cc2OC)c(OC)c1. The Labute approximate surface area is 180 Å². The molecule has 0 aromatic heterocycles. The molecule has 0 saturated carbocycles. The number of aryl methyl sites for hydroxylation is 2. The van der Waals surface area contributed by atoms with E-state index in [0.29, 0.717) is 11.5 Å². The van der Waals surface area contributed by atoms with Gasteiger partial charge in [-0.25, -0.2) is 4.79 Å². The Morgan fingerprint density at radius 3 is 1.50 bits per heavy atom. The largest absolute Gasteiger partial charge is 0.509 e. The highest BCUT2D eigenvalue weighted by Crippen LogP contribution is 2.32. The maximum absolute atomic E-state index is 12.4. The minimum Gasteiger partial charge on any atom is -0.496 e. The van der Waals surface area contributed by atoms with E-state index in [9.17, 15) is 4.79 Å². The van der Waals surface area contributed by atoms with Crippen LogP contribution < -0.4 is 9.47 Å². The fourth-order valence-corrected chi connectivity index (χ4v) is 3.51. The maximum Gasteiger partial charge on any atom is 0.509 e. The summed E-state index contributed by atoms with van der Waals surface area (Å²) >= 11 is 0. The number of methoxy groups -OCH3 is 2. The molecule has 0 N–H and O–H groups in total. The minimum absolute atomic E-state index is 0.496. The van der Waals surface area contributed by atoms with Gasteiger partial charge in [-0.1, -0.05) is 51.0 Å². The highest BCUT2D eigenvalue weighted by Gasteiger charge is 2.21. The first-order chi connectivity index (χ1) is 14.4. The predicted molar refractivity (Wildman–Crippen MR) is 118 cm³/mol. The van der Waals surface area contributed by atoms with Gasteiger partial charge < -0.3 is 18.9 Å². The third-order valence-corrected chi connectivity index (χ3v) is 5.10. The lowest BCUT2D eigenvalue weighted by molar-refractivity contribution is 0.00532. The lowest BCUT2D eigenvalue weighted by Gasteiger charge is -2.20. The second-order valence-electron chi connectivity index (χ2n) is 7.42. The van der Waals surface area contributed by atoms with Crippen LogP contribution in [0.4, 0.5) is 4.79 Å². The second-order valence-corrected chi connectivity index (χ2v) is 7.42. The molecule has 0 spiro atoms. The van der Waals surface area contributed by atoms with Crippen molar-refractivity contribution in [2.45, 2.75) is 65.6 Å². The molecule has 5 heteroatoms. The van der Waals surface area contributed by atoms with Crippen LogP contribution in [0.3, 0.4) is 0 Å². The highest BCUT2D eigenvalue weighted by molar-refractivity contribution is 5.61. The van der Waals surface area contributed by atoms with E-state index in [-0.39, 0.29) is 0 Å². The van der Waals surface area contributed by atoms with Crippen molar-refractivity contribution >= 4 is 6.16 Å². The average Bonchev–Trinajstić information content (AvgIpc) is 2.73. The third kappa shape index (κ3) is 6.15. The zero-order chi connectivity index (χ0) is 22.1. The molecule has 0 amide bonds. The summed E-state index contributed by atoms with van der Waals surface area (Å²) in [4.78, 5) is 12.4. The molecular weight excluding hydrogens is 380 g/mol. The summed E-state index contributed by atoms with van der Waals surface area (Å²) in [5, 5.41) is 0. The third-order valence-electron chi connectivity index (χ3n) is 5.10. The number of hydrogen-bond acceptors (Lipinski definition) is 5. The molecule has 0 bridgehead atoms. The summed E-state index contributed by atoms with van der Waals surface area (Å²) in [5.41, 5.74) is 4.01. The summed E-state index contributed by atoms with van der Waals surface area (Å²) in [6.07, 6.45) is 2.35. The van der Waals surface area contributed by atoms with Gasteiger partial charge in [0.15, 0.2) is 0 Å². The van der Waals surface area contributed by atoms with Gasteiger partial charge in [-0.2, -0.15) is 0 Å². The van der Waals surface area contributed by atoms with Gasteiger partial charge in [-0.15, -0.1) is 0 Å². The first-order valence-electron chi connectivity index (χ1n) is 10.6. The summed E-state index contributed by atoms with van der Waals surface area (Å²) < 4.78 is 22.0. The van der Waals surface area contributed by atoms with Crippen molar-refractivity contribution in [3.05, 3.63) is 58.7 Å². The van der Waals surface area contributed by atoms with E-state index < -0.39 is 18.4 Å². The molecule has 0 fully saturated rings. The zero-order valence-electron chi connectivity index (χ0n) is 19.0. The molecular formula is C25H34O5. The Kier molecular flexibility index (Phi) is 9.03. The standard InChI is InChI=1S/C25H34O5/c1-7-9-19-11-13-21(23(15-19)27-5)17(3)29-25(26)30-18(4)22-14-12-20(10-8-2)16-24(22)28-6/h11-18H,7-10H2,1-6H3. The Hall–Kier alpha value is -2.69. The lowest BCUT2D eigenvalue weighted by Crippen LogP contribution is -2.14. The molecule has 2 atom stereocenters. The number of rotatable bonds is 10. The molecule has 0 radical (unpaired) electrons. The molecule has 30 heavy (non-hydrogen) atoms. The molecule has 2 aromatic carbocycles. The van der Waals surface area contributed by atoms with Crippen LogP contribution in [0.15, 0.2) is 36.4 Å². The number of hydrogen-bond donors (Lipinski definition) is 0. The van der Waals surface area contributed by atoms with Crippen LogP contribution in [-0.4, -0.2) is 20.4 Å². The number of carbonyl (C=O) groups excluding carboxylic acids is 1. The number of benzene rings is 2. The quantitative estimate of drug-likeness (QED) is 0.411. The molecule has 164 valence electrons. The molecule has 0 saturated heterocycles. The Bertz CT molecular complexity index is 763. The van der Waals surface area contributed by atoms with Crippen LogP contribution in [0.25, 0.3) is 0 Å². The van der Waals surface area contributed by atoms with E-state index in [2.05, 4.69) is 13.8 Å².